The first-order chi connectivity index (χ1) is 6.93. The highest BCUT2D eigenvalue weighted by Gasteiger charge is 2.32. The quantitative estimate of drug-likeness (QED) is 0.829. The van der Waals surface area contributed by atoms with Crippen LogP contribution in [0.3, 0.4) is 0 Å². The van der Waals surface area contributed by atoms with E-state index < -0.39 is 17.0 Å². The third kappa shape index (κ3) is 3.71. The summed E-state index contributed by atoms with van der Waals surface area (Å²) in [5.41, 5.74) is 0. The number of amides is 1. The lowest BCUT2D eigenvalue weighted by molar-refractivity contribution is -0.134. The summed E-state index contributed by atoms with van der Waals surface area (Å²) in [7, 11) is 0. The van der Waals surface area contributed by atoms with Crippen LogP contribution >= 0.6 is 22.9 Å². The van der Waals surface area contributed by atoms with Gasteiger partial charge in [-0.3, -0.25) is 4.79 Å². The molecule has 84 valence electrons. The molecule has 0 aliphatic rings. The lowest BCUT2D eigenvalue weighted by Crippen LogP contribution is -2.23. The molecule has 0 radical (unpaired) electrons. The van der Waals surface area contributed by atoms with Crippen molar-refractivity contribution in [2.75, 3.05) is 5.88 Å². The number of alkyl halides is 4. The van der Waals surface area contributed by atoms with Gasteiger partial charge in [-0.1, -0.05) is 0 Å². The highest BCUT2D eigenvalue weighted by Crippen LogP contribution is 2.34. The molecule has 1 rings (SSSR count). The summed E-state index contributed by atoms with van der Waals surface area (Å²) in [6.07, 6.45) is -4.32. The van der Waals surface area contributed by atoms with Crippen LogP contribution in [0.2, 0.25) is 0 Å². The van der Waals surface area contributed by atoms with Crippen molar-refractivity contribution in [3.8, 4) is 0 Å². The number of hydrogen-bond acceptors (Lipinski definition) is 2. The summed E-state index contributed by atoms with van der Waals surface area (Å²) in [4.78, 5) is 10.5. The van der Waals surface area contributed by atoms with Gasteiger partial charge in [0.1, 0.15) is 10.8 Å². The summed E-state index contributed by atoms with van der Waals surface area (Å²) >= 11 is 5.82. The largest absolute Gasteiger partial charge is 0.425 e. The highest BCUT2D eigenvalue weighted by atomic mass is 35.5. The van der Waals surface area contributed by atoms with Crippen LogP contribution in [0.15, 0.2) is 12.1 Å². The van der Waals surface area contributed by atoms with E-state index in [0.717, 1.165) is 6.07 Å². The Morgan fingerprint density at radius 2 is 2.13 bits per heavy atom. The minimum Gasteiger partial charge on any atom is -0.350 e. The predicted molar refractivity (Wildman–Crippen MR) is 51.9 cm³/mol. The lowest BCUT2D eigenvalue weighted by Gasteiger charge is -2.01. The number of thiophene rings is 1. The van der Waals surface area contributed by atoms with Crippen molar-refractivity contribution in [2.24, 2.45) is 0 Å². The van der Waals surface area contributed by atoms with E-state index in [0.29, 0.717) is 16.2 Å². The van der Waals surface area contributed by atoms with Crippen LogP contribution in [0, 0.1) is 0 Å². The Morgan fingerprint density at radius 1 is 1.47 bits per heavy atom. The predicted octanol–water partition coefficient (Wildman–Crippen LogP) is 2.62. The molecule has 0 aromatic carbocycles. The Hall–Kier alpha value is -0.750. The van der Waals surface area contributed by atoms with Crippen molar-refractivity contribution < 1.29 is 18.0 Å². The van der Waals surface area contributed by atoms with Crippen molar-refractivity contribution in [3.63, 3.8) is 0 Å². The van der Waals surface area contributed by atoms with E-state index in [1.54, 1.807) is 0 Å². The lowest BCUT2D eigenvalue weighted by atomic mass is 10.4. The molecule has 0 spiro atoms. The zero-order chi connectivity index (χ0) is 11.5. The number of halogens is 4. The summed E-state index contributed by atoms with van der Waals surface area (Å²) < 4.78 is 36.5. The number of nitrogens with one attached hydrogen (secondary N) is 1. The Balaban J connectivity index is 2.58. The van der Waals surface area contributed by atoms with Crippen molar-refractivity contribution in [1.82, 2.24) is 5.32 Å². The van der Waals surface area contributed by atoms with Gasteiger partial charge in [-0.15, -0.1) is 22.9 Å². The molecular weight excluding hydrogens is 251 g/mol. The number of rotatable bonds is 3. The normalized spacial score (nSPS) is 11.5. The summed E-state index contributed by atoms with van der Waals surface area (Å²) in [5.74, 6) is -0.601. The second kappa shape index (κ2) is 4.85. The fraction of sp³-hybridized carbons (Fsp3) is 0.375. The Kier molecular flexibility index (Phi) is 3.98. The second-order valence-electron chi connectivity index (χ2n) is 2.67. The molecule has 1 aromatic heterocycles. The molecule has 0 bridgehead atoms. The molecule has 0 saturated carbocycles. The molecule has 1 amide bonds. The van der Waals surface area contributed by atoms with E-state index in [9.17, 15) is 18.0 Å². The molecule has 0 aliphatic carbocycles. The molecule has 0 saturated heterocycles. The van der Waals surface area contributed by atoms with Gasteiger partial charge in [-0.25, -0.2) is 0 Å². The molecule has 15 heavy (non-hydrogen) atoms. The Morgan fingerprint density at radius 3 is 2.60 bits per heavy atom. The molecule has 7 heteroatoms. The summed E-state index contributed by atoms with van der Waals surface area (Å²) in [6.45, 7) is 0.0757. The van der Waals surface area contributed by atoms with Gasteiger partial charge < -0.3 is 5.32 Å². The van der Waals surface area contributed by atoms with Crippen molar-refractivity contribution in [2.45, 2.75) is 12.7 Å². The van der Waals surface area contributed by atoms with Gasteiger partial charge in [0, 0.05) is 4.88 Å². The monoisotopic (exact) mass is 257 g/mol. The maximum Gasteiger partial charge on any atom is 0.425 e. The molecular formula is C8H7ClF3NOS. The van der Waals surface area contributed by atoms with Crippen LogP contribution in [0.25, 0.3) is 0 Å². The summed E-state index contributed by atoms with van der Waals surface area (Å²) in [5, 5.41) is 2.39. The Labute approximate surface area is 93.0 Å². The SMILES string of the molecule is O=C(CCl)NCc1ccc(C(F)(F)F)s1. The standard InChI is InChI=1S/C8H7ClF3NOS/c9-3-7(14)13-4-5-1-2-6(15-5)8(10,11)12/h1-2H,3-4H2,(H,13,14). The van der Waals surface area contributed by atoms with E-state index in [4.69, 9.17) is 11.6 Å². The topological polar surface area (TPSA) is 29.1 Å². The third-order valence-corrected chi connectivity index (χ3v) is 2.89. The van der Waals surface area contributed by atoms with Gasteiger partial charge in [0.2, 0.25) is 5.91 Å². The fourth-order valence-electron chi connectivity index (χ4n) is 0.858. The van der Waals surface area contributed by atoms with Gasteiger partial charge in [0.05, 0.1) is 6.54 Å². The van der Waals surface area contributed by atoms with Crippen LogP contribution in [-0.4, -0.2) is 11.8 Å². The smallest absolute Gasteiger partial charge is 0.350 e. The van der Waals surface area contributed by atoms with E-state index in [-0.39, 0.29) is 12.4 Å². The molecule has 1 aromatic rings. The maximum absolute atomic E-state index is 12.2. The minimum absolute atomic E-state index is 0.0757. The number of carbonyl (C=O) groups is 1. The van der Waals surface area contributed by atoms with Gasteiger partial charge in [-0.05, 0) is 12.1 Å². The number of hydrogen-bond donors (Lipinski definition) is 1. The van der Waals surface area contributed by atoms with Crippen LogP contribution in [0.1, 0.15) is 9.75 Å². The zero-order valence-corrected chi connectivity index (χ0v) is 8.97. The van der Waals surface area contributed by atoms with Crippen LogP contribution in [0.4, 0.5) is 13.2 Å². The molecule has 2 nitrogen and oxygen atoms in total. The van der Waals surface area contributed by atoms with Crippen molar-refractivity contribution in [3.05, 3.63) is 21.9 Å². The van der Waals surface area contributed by atoms with E-state index in [2.05, 4.69) is 5.32 Å². The van der Waals surface area contributed by atoms with Crippen LogP contribution in [0.5, 0.6) is 0 Å². The average molecular weight is 258 g/mol. The molecule has 0 unspecified atom stereocenters. The molecule has 1 heterocycles. The van der Waals surface area contributed by atoms with Crippen LogP contribution in [-0.2, 0) is 17.5 Å². The van der Waals surface area contributed by atoms with E-state index >= 15 is 0 Å². The van der Waals surface area contributed by atoms with Crippen LogP contribution < -0.4 is 5.32 Å². The third-order valence-electron chi connectivity index (χ3n) is 1.52. The zero-order valence-electron chi connectivity index (χ0n) is 7.40. The van der Waals surface area contributed by atoms with Gasteiger partial charge >= 0.3 is 6.18 Å². The van der Waals surface area contributed by atoms with E-state index in [1.807, 2.05) is 0 Å². The molecule has 1 N–H and O–H groups in total. The van der Waals surface area contributed by atoms with Gasteiger partial charge in [0.25, 0.3) is 0 Å². The highest BCUT2D eigenvalue weighted by molar-refractivity contribution is 7.12. The molecule has 0 aliphatic heterocycles. The second-order valence-corrected chi connectivity index (χ2v) is 4.11. The Bertz CT molecular complexity index is 350. The van der Waals surface area contributed by atoms with E-state index in [1.165, 1.54) is 6.07 Å². The van der Waals surface area contributed by atoms with Gasteiger partial charge in [-0.2, -0.15) is 13.2 Å². The first-order valence-electron chi connectivity index (χ1n) is 3.92. The van der Waals surface area contributed by atoms with Crippen molar-refractivity contribution >= 4 is 28.8 Å². The molecule has 0 fully saturated rings. The molecule has 0 atom stereocenters. The number of carbonyl (C=O) groups excluding carboxylic acids is 1. The summed E-state index contributed by atoms with van der Waals surface area (Å²) in [6, 6.07) is 2.33. The fourth-order valence-corrected chi connectivity index (χ4v) is 1.77. The average Bonchev–Trinajstić information content (AvgIpc) is 2.61. The van der Waals surface area contributed by atoms with Crippen molar-refractivity contribution in [1.29, 1.82) is 0 Å². The first kappa shape index (κ1) is 12.3. The first-order valence-corrected chi connectivity index (χ1v) is 5.27. The maximum atomic E-state index is 12.2. The van der Waals surface area contributed by atoms with Gasteiger partial charge in [0.15, 0.2) is 0 Å². The minimum atomic E-state index is -4.32.